The van der Waals surface area contributed by atoms with Gasteiger partial charge in [0.05, 0.1) is 27.9 Å². The monoisotopic (exact) mass is 428 g/mol. The standard InChI is InChI=1S/C19H28N2O7S/c1-7-21(12-17(22)20-13(2)3)29(24,25)16-11-14(8-9-18(23)27-5)10-15(26-4)19(16)28-6/h8-11,13H,7,12H2,1-6H3,(H,20,22)/b9-8+. The molecule has 1 aromatic carbocycles. The molecular weight excluding hydrogens is 400 g/mol. The van der Waals surface area contributed by atoms with Gasteiger partial charge >= 0.3 is 5.97 Å². The number of nitrogens with one attached hydrogen (secondary N) is 1. The van der Waals surface area contributed by atoms with Crippen LogP contribution in [-0.4, -0.2) is 65.1 Å². The van der Waals surface area contributed by atoms with Crippen LogP contribution in [0.2, 0.25) is 0 Å². The number of benzene rings is 1. The molecule has 0 fully saturated rings. The molecule has 0 bridgehead atoms. The molecule has 0 aromatic heterocycles. The lowest BCUT2D eigenvalue weighted by molar-refractivity contribution is -0.134. The number of ether oxygens (including phenoxy) is 3. The number of hydrogen-bond acceptors (Lipinski definition) is 7. The Bertz CT molecular complexity index is 864. The van der Waals surface area contributed by atoms with E-state index in [-0.39, 0.29) is 35.5 Å². The number of hydrogen-bond donors (Lipinski definition) is 1. The molecule has 162 valence electrons. The van der Waals surface area contributed by atoms with E-state index in [1.54, 1.807) is 20.8 Å². The molecule has 1 N–H and O–H groups in total. The summed E-state index contributed by atoms with van der Waals surface area (Å²) in [5.74, 6) is -0.839. The molecule has 0 heterocycles. The van der Waals surface area contributed by atoms with Crippen molar-refractivity contribution in [3.05, 3.63) is 23.8 Å². The molecule has 0 aliphatic carbocycles. The van der Waals surface area contributed by atoms with Gasteiger partial charge in [-0.15, -0.1) is 0 Å². The van der Waals surface area contributed by atoms with Gasteiger partial charge in [0, 0.05) is 18.7 Å². The lowest BCUT2D eigenvalue weighted by Crippen LogP contribution is -2.42. The van der Waals surface area contributed by atoms with Gasteiger partial charge in [-0.1, -0.05) is 6.92 Å². The van der Waals surface area contributed by atoms with Gasteiger partial charge in [-0.3, -0.25) is 4.79 Å². The number of amides is 1. The van der Waals surface area contributed by atoms with Crippen molar-refractivity contribution in [2.24, 2.45) is 0 Å². The van der Waals surface area contributed by atoms with Crippen molar-refractivity contribution in [3.63, 3.8) is 0 Å². The smallest absolute Gasteiger partial charge is 0.330 e. The molecule has 0 aliphatic rings. The van der Waals surface area contributed by atoms with Crippen LogP contribution in [0.4, 0.5) is 0 Å². The van der Waals surface area contributed by atoms with Crippen LogP contribution in [0.1, 0.15) is 26.3 Å². The molecule has 10 heteroatoms. The van der Waals surface area contributed by atoms with Crippen molar-refractivity contribution < 1.29 is 32.2 Å². The van der Waals surface area contributed by atoms with E-state index in [1.807, 2.05) is 0 Å². The lowest BCUT2D eigenvalue weighted by atomic mass is 10.2. The Morgan fingerprint density at radius 3 is 2.31 bits per heavy atom. The molecule has 9 nitrogen and oxygen atoms in total. The second-order valence-corrected chi connectivity index (χ2v) is 8.17. The summed E-state index contributed by atoms with van der Waals surface area (Å²) in [4.78, 5) is 23.3. The molecule has 1 aromatic rings. The number of esters is 1. The van der Waals surface area contributed by atoms with Crippen LogP contribution in [0.3, 0.4) is 0 Å². The third-order valence-electron chi connectivity index (χ3n) is 3.82. The summed E-state index contributed by atoms with van der Waals surface area (Å²) in [6.07, 6.45) is 2.56. The zero-order valence-electron chi connectivity index (χ0n) is 17.5. The minimum atomic E-state index is -4.11. The SMILES string of the molecule is CCN(CC(=O)NC(C)C)S(=O)(=O)c1cc(/C=C/C(=O)OC)cc(OC)c1OC. The molecule has 0 spiro atoms. The first-order valence-corrected chi connectivity index (χ1v) is 10.4. The summed E-state index contributed by atoms with van der Waals surface area (Å²) >= 11 is 0. The zero-order chi connectivity index (χ0) is 22.2. The van der Waals surface area contributed by atoms with Crippen LogP contribution in [0.25, 0.3) is 6.08 Å². The third kappa shape index (κ3) is 6.47. The Morgan fingerprint density at radius 2 is 1.83 bits per heavy atom. The maximum atomic E-state index is 13.3. The highest BCUT2D eigenvalue weighted by atomic mass is 32.2. The minimum Gasteiger partial charge on any atom is -0.493 e. The van der Waals surface area contributed by atoms with E-state index in [4.69, 9.17) is 9.47 Å². The van der Waals surface area contributed by atoms with Crippen LogP contribution >= 0.6 is 0 Å². The first-order chi connectivity index (χ1) is 13.6. The fourth-order valence-corrected chi connectivity index (χ4v) is 4.11. The van der Waals surface area contributed by atoms with Crippen LogP contribution < -0.4 is 14.8 Å². The summed E-state index contributed by atoms with van der Waals surface area (Å²) in [5.41, 5.74) is 0.384. The Balaban J connectivity index is 3.48. The summed E-state index contributed by atoms with van der Waals surface area (Å²) in [6, 6.07) is 2.75. The van der Waals surface area contributed by atoms with Crippen LogP contribution in [-0.2, 0) is 24.3 Å². The van der Waals surface area contributed by atoms with Crippen molar-refractivity contribution in [1.29, 1.82) is 0 Å². The van der Waals surface area contributed by atoms with E-state index in [0.717, 1.165) is 10.4 Å². The van der Waals surface area contributed by atoms with Gasteiger partial charge in [0.25, 0.3) is 0 Å². The number of nitrogens with zero attached hydrogens (tertiary/aromatic N) is 1. The largest absolute Gasteiger partial charge is 0.493 e. The maximum Gasteiger partial charge on any atom is 0.330 e. The summed E-state index contributed by atoms with van der Waals surface area (Å²) in [6.45, 7) is 4.93. The highest BCUT2D eigenvalue weighted by Gasteiger charge is 2.30. The van der Waals surface area contributed by atoms with E-state index < -0.39 is 21.9 Å². The highest BCUT2D eigenvalue weighted by molar-refractivity contribution is 7.89. The molecule has 0 aliphatic heterocycles. The van der Waals surface area contributed by atoms with Crippen molar-refractivity contribution in [1.82, 2.24) is 9.62 Å². The van der Waals surface area contributed by atoms with Gasteiger partial charge in [-0.25, -0.2) is 13.2 Å². The quantitative estimate of drug-likeness (QED) is 0.443. The van der Waals surface area contributed by atoms with E-state index in [9.17, 15) is 18.0 Å². The first-order valence-electron chi connectivity index (χ1n) is 8.92. The van der Waals surface area contributed by atoms with E-state index in [1.165, 1.54) is 39.5 Å². The van der Waals surface area contributed by atoms with Crippen LogP contribution in [0.5, 0.6) is 11.5 Å². The molecule has 1 amide bonds. The van der Waals surface area contributed by atoms with Crippen molar-refractivity contribution in [2.45, 2.75) is 31.7 Å². The normalized spacial score (nSPS) is 11.7. The second-order valence-electron chi connectivity index (χ2n) is 6.26. The van der Waals surface area contributed by atoms with Crippen molar-refractivity contribution >= 4 is 28.0 Å². The predicted octanol–water partition coefficient (Wildman–Crippen LogP) is 1.43. The van der Waals surface area contributed by atoms with E-state index in [0.29, 0.717) is 5.56 Å². The molecule has 0 unspecified atom stereocenters. The van der Waals surface area contributed by atoms with Gasteiger partial charge in [0.15, 0.2) is 11.5 Å². The van der Waals surface area contributed by atoms with Crippen LogP contribution in [0.15, 0.2) is 23.1 Å². The average Bonchev–Trinajstić information content (AvgIpc) is 2.68. The fraction of sp³-hybridized carbons (Fsp3) is 0.474. The van der Waals surface area contributed by atoms with Crippen molar-refractivity contribution in [2.75, 3.05) is 34.4 Å². The lowest BCUT2D eigenvalue weighted by Gasteiger charge is -2.23. The second kappa shape index (κ2) is 10.8. The molecule has 29 heavy (non-hydrogen) atoms. The summed E-state index contributed by atoms with van der Waals surface area (Å²) < 4.78 is 42.7. The fourth-order valence-electron chi connectivity index (χ4n) is 2.50. The van der Waals surface area contributed by atoms with Gasteiger partial charge in [0.2, 0.25) is 15.9 Å². The Kier molecular flexibility index (Phi) is 9.12. The minimum absolute atomic E-state index is 0.00503. The molecule has 0 atom stereocenters. The topological polar surface area (TPSA) is 111 Å². The number of carbonyl (C=O) groups is 2. The average molecular weight is 429 g/mol. The number of carbonyl (C=O) groups excluding carboxylic acids is 2. The van der Waals surface area contributed by atoms with Crippen LogP contribution in [0, 0.1) is 0 Å². The molecule has 0 saturated heterocycles. The summed E-state index contributed by atoms with van der Waals surface area (Å²) in [5, 5.41) is 2.67. The van der Waals surface area contributed by atoms with Gasteiger partial charge in [-0.05, 0) is 37.6 Å². The Morgan fingerprint density at radius 1 is 1.17 bits per heavy atom. The number of sulfonamides is 1. The number of likely N-dealkylation sites (N-methyl/N-ethyl adjacent to an activating group) is 1. The Labute approximate surface area is 171 Å². The molecule has 0 radical (unpaired) electrons. The zero-order valence-corrected chi connectivity index (χ0v) is 18.3. The van der Waals surface area contributed by atoms with Gasteiger partial charge < -0.3 is 19.5 Å². The first kappa shape index (κ1) is 24.4. The molecule has 0 saturated carbocycles. The maximum absolute atomic E-state index is 13.3. The number of methoxy groups -OCH3 is 3. The molecular formula is C19H28N2O7S. The van der Waals surface area contributed by atoms with E-state index >= 15 is 0 Å². The summed E-state index contributed by atoms with van der Waals surface area (Å²) in [7, 11) is -0.179. The van der Waals surface area contributed by atoms with Gasteiger partial charge in [0.1, 0.15) is 4.90 Å². The third-order valence-corrected chi connectivity index (χ3v) is 5.75. The van der Waals surface area contributed by atoms with Crippen molar-refractivity contribution in [3.8, 4) is 11.5 Å². The molecule has 1 rings (SSSR count). The predicted molar refractivity (Wildman–Crippen MR) is 108 cm³/mol. The number of rotatable bonds is 10. The Hall–Kier alpha value is -2.59. The van der Waals surface area contributed by atoms with Gasteiger partial charge in [-0.2, -0.15) is 4.31 Å². The highest BCUT2D eigenvalue weighted by Crippen LogP contribution is 2.37. The van der Waals surface area contributed by atoms with E-state index in [2.05, 4.69) is 10.1 Å².